The van der Waals surface area contributed by atoms with Crippen LogP contribution in [0.5, 0.6) is 0 Å². The molecule has 0 aliphatic heterocycles. The summed E-state index contributed by atoms with van der Waals surface area (Å²) >= 11 is 0. The highest BCUT2D eigenvalue weighted by molar-refractivity contribution is 7.89. The first kappa shape index (κ1) is 14.8. The molecule has 18 heavy (non-hydrogen) atoms. The minimum absolute atomic E-state index is 0.0902. The van der Waals surface area contributed by atoms with E-state index in [0.29, 0.717) is 19.1 Å². The van der Waals surface area contributed by atoms with Crippen molar-refractivity contribution in [3.8, 4) is 0 Å². The second-order valence-corrected chi connectivity index (χ2v) is 5.28. The first-order chi connectivity index (χ1) is 8.38. The van der Waals surface area contributed by atoms with E-state index in [2.05, 4.69) is 4.72 Å². The van der Waals surface area contributed by atoms with Crippen LogP contribution in [0.3, 0.4) is 0 Å². The summed E-state index contributed by atoms with van der Waals surface area (Å²) in [4.78, 5) is -0.668. The van der Waals surface area contributed by atoms with E-state index >= 15 is 0 Å². The molecular weight excluding hydrogens is 266 g/mol. The van der Waals surface area contributed by atoms with Crippen LogP contribution in [0.25, 0.3) is 0 Å². The Labute approximate surface area is 104 Å². The van der Waals surface area contributed by atoms with Crippen molar-refractivity contribution in [3.05, 3.63) is 23.8 Å². The van der Waals surface area contributed by atoms with Gasteiger partial charge in [-0.2, -0.15) is 0 Å². The van der Waals surface area contributed by atoms with Crippen molar-refractivity contribution in [2.45, 2.75) is 11.3 Å². The normalized spacial score (nSPS) is 11.7. The molecule has 1 aromatic carbocycles. The summed E-state index contributed by atoms with van der Waals surface area (Å²) in [6.45, 7) is 0.462. The van der Waals surface area contributed by atoms with Crippen LogP contribution in [0.2, 0.25) is 0 Å². The molecule has 0 fully saturated rings. The molecule has 0 atom stereocenters. The molecule has 1 rings (SSSR count). The molecule has 0 aliphatic rings. The average molecular weight is 280 g/mol. The molecule has 0 saturated heterocycles. The van der Waals surface area contributed by atoms with E-state index in [1.807, 2.05) is 0 Å². The molecule has 0 bridgehead atoms. The highest BCUT2D eigenvalue weighted by Crippen LogP contribution is 2.20. The molecule has 3 N–H and O–H groups in total. The summed E-state index contributed by atoms with van der Waals surface area (Å²) in [5.41, 5.74) is 4.79. The van der Waals surface area contributed by atoms with Gasteiger partial charge in [-0.05, 0) is 12.5 Å². The number of hydrogen-bond acceptors (Lipinski definition) is 4. The summed E-state index contributed by atoms with van der Waals surface area (Å²) in [5.74, 6) is -2.17. The molecule has 0 aromatic heterocycles. The average Bonchev–Trinajstić information content (AvgIpc) is 2.29. The molecule has 5 nitrogen and oxygen atoms in total. The zero-order chi connectivity index (χ0) is 13.8. The van der Waals surface area contributed by atoms with Gasteiger partial charge in [-0.15, -0.1) is 0 Å². The number of nitrogen functional groups attached to an aromatic ring is 1. The molecule has 0 radical (unpaired) electrons. The largest absolute Gasteiger partial charge is 0.396 e. The third-order valence-corrected chi connectivity index (χ3v) is 3.63. The van der Waals surface area contributed by atoms with Crippen LogP contribution in [-0.4, -0.2) is 28.7 Å². The summed E-state index contributed by atoms with van der Waals surface area (Å²) in [6, 6.07) is 1.20. The molecular formula is C10H14F2N2O3S. The fourth-order valence-electron chi connectivity index (χ4n) is 1.25. The first-order valence-electron chi connectivity index (χ1n) is 5.11. The molecule has 0 unspecified atom stereocenters. The highest BCUT2D eigenvalue weighted by Gasteiger charge is 2.20. The van der Waals surface area contributed by atoms with Crippen molar-refractivity contribution >= 4 is 15.7 Å². The maximum absolute atomic E-state index is 13.4. The van der Waals surface area contributed by atoms with E-state index in [0.717, 1.165) is 6.07 Å². The minimum Gasteiger partial charge on any atom is -0.396 e. The fraction of sp³-hybridized carbons (Fsp3) is 0.400. The predicted molar refractivity (Wildman–Crippen MR) is 62.5 cm³/mol. The van der Waals surface area contributed by atoms with Crippen LogP contribution in [-0.2, 0) is 14.8 Å². The van der Waals surface area contributed by atoms with Crippen molar-refractivity contribution in [1.29, 1.82) is 0 Å². The van der Waals surface area contributed by atoms with Crippen molar-refractivity contribution in [2.75, 3.05) is 26.0 Å². The second-order valence-electron chi connectivity index (χ2n) is 3.55. The van der Waals surface area contributed by atoms with Gasteiger partial charge in [0, 0.05) is 26.3 Å². The molecule has 102 valence electrons. The molecule has 0 spiro atoms. The summed E-state index contributed by atoms with van der Waals surface area (Å²) in [7, 11) is -2.56. The number of nitrogens with two attached hydrogens (primary N) is 1. The monoisotopic (exact) mass is 280 g/mol. The van der Waals surface area contributed by atoms with Gasteiger partial charge in [-0.25, -0.2) is 21.9 Å². The fourth-order valence-corrected chi connectivity index (χ4v) is 2.42. The lowest BCUT2D eigenvalue weighted by molar-refractivity contribution is 0.196. The van der Waals surface area contributed by atoms with Gasteiger partial charge < -0.3 is 10.5 Å². The number of rotatable bonds is 6. The van der Waals surface area contributed by atoms with Gasteiger partial charge in [0.2, 0.25) is 10.0 Å². The Morgan fingerprint density at radius 1 is 1.33 bits per heavy atom. The maximum Gasteiger partial charge on any atom is 0.243 e. The topological polar surface area (TPSA) is 81.4 Å². The zero-order valence-corrected chi connectivity index (χ0v) is 10.6. The van der Waals surface area contributed by atoms with Gasteiger partial charge in [-0.3, -0.25) is 0 Å². The Hall–Kier alpha value is -1.25. The summed E-state index contributed by atoms with van der Waals surface area (Å²) in [6.07, 6.45) is 0.439. The van der Waals surface area contributed by atoms with E-state index in [9.17, 15) is 17.2 Å². The van der Waals surface area contributed by atoms with E-state index in [1.165, 1.54) is 7.11 Å². The van der Waals surface area contributed by atoms with Crippen LogP contribution in [0.4, 0.5) is 14.5 Å². The van der Waals surface area contributed by atoms with Crippen LogP contribution in [0.15, 0.2) is 17.0 Å². The summed E-state index contributed by atoms with van der Waals surface area (Å²) in [5, 5.41) is 0. The lowest BCUT2D eigenvalue weighted by atomic mass is 10.3. The van der Waals surface area contributed by atoms with Gasteiger partial charge in [-0.1, -0.05) is 0 Å². The maximum atomic E-state index is 13.4. The number of halogens is 2. The van der Waals surface area contributed by atoms with Crippen LogP contribution < -0.4 is 10.5 Å². The predicted octanol–water partition coefficient (Wildman–Crippen LogP) is 0.862. The lowest BCUT2D eigenvalue weighted by Crippen LogP contribution is -2.26. The number of hydrogen-bond donors (Lipinski definition) is 2. The number of nitrogens with one attached hydrogen (secondary N) is 1. The standard InChI is InChI=1S/C10H14F2N2O3S/c1-17-4-2-3-14-18(15,16)10-6-9(13)7(11)5-8(10)12/h5-6,14H,2-4,13H2,1H3. The van der Waals surface area contributed by atoms with E-state index < -0.39 is 32.2 Å². The summed E-state index contributed by atoms with van der Waals surface area (Å²) < 4.78 is 56.6. The smallest absolute Gasteiger partial charge is 0.243 e. The van der Waals surface area contributed by atoms with E-state index in [-0.39, 0.29) is 6.54 Å². The second kappa shape index (κ2) is 6.07. The van der Waals surface area contributed by atoms with Crippen LogP contribution in [0.1, 0.15) is 6.42 Å². The van der Waals surface area contributed by atoms with Gasteiger partial charge in [0.15, 0.2) is 0 Å². The Balaban J connectivity index is 2.88. The molecule has 0 heterocycles. The molecule has 0 saturated carbocycles. The first-order valence-corrected chi connectivity index (χ1v) is 6.60. The van der Waals surface area contributed by atoms with E-state index in [4.69, 9.17) is 10.5 Å². The molecule has 8 heteroatoms. The SMILES string of the molecule is COCCCNS(=O)(=O)c1cc(N)c(F)cc1F. The third kappa shape index (κ3) is 3.62. The number of sulfonamides is 1. The lowest BCUT2D eigenvalue weighted by Gasteiger charge is -2.08. The van der Waals surface area contributed by atoms with Gasteiger partial charge in [0.25, 0.3) is 0 Å². The Morgan fingerprint density at radius 2 is 2.00 bits per heavy atom. The molecule has 1 aromatic rings. The quantitative estimate of drug-likeness (QED) is 0.598. The van der Waals surface area contributed by atoms with Gasteiger partial charge in [0.05, 0.1) is 5.69 Å². The number of anilines is 1. The van der Waals surface area contributed by atoms with Crippen molar-refractivity contribution < 1.29 is 21.9 Å². The number of ether oxygens (including phenoxy) is 1. The Kier molecular flexibility index (Phi) is 5.00. The van der Waals surface area contributed by atoms with Crippen molar-refractivity contribution in [1.82, 2.24) is 4.72 Å². The van der Waals surface area contributed by atoms with Crippen LogP contribution in [0, 0.1) is 11.6 Å². The minimum atomic E-state index is -4.04. The highest BCUT2D eigenvalue weighted by atomic mass is 32.2. The van der Waals surface area contributed by atoms with E-state index in [1.54, 1.807) is 0 Å². The van der Waals surface area contributed by atoms with Gasteiger partial charge in [0.1, 0.15) is 16.5 Å². The Bertz CT molecular complexity index is 520. The third-order valence-electron chi connectivity index (χ3n) is 2.16. The van der Waals surface area contributed by atoms with Gasteiger partial charge >= 0.3 is 0 Å². The molecule has 0 amide bonds. The molecule has 0 aliphatic carbocycles. The van der Waals surface area contributed by atoms with Crippen LogP contribution >= 0.6 is 0 Å². The number of benzene rings is 1. The zero-order valence-electron chi connectivity index (χ0n) is 9.74. The van der Waals surface area contributed by atoms with Crippen molar-refractivity contribution in [3.63, 3.8) is 0 Å². The Morgan fingerprint density at radius 3 is 2.61 bits per heavy atom. The van der Waals surface area contributed by atoms with Crippen molar-refractivity contribution in [2.24, 2.45) is 0 Å². The number of methoxy groups -OCH3 is 1.